The van der Waals surface area contributed by atoms with Crippen LogP contribution in [0.5, 0.6) is 0 Å². The van der Waals surface area contributed by atoms with Gasteiger partial charge in [0.05, 0.1) is 31.8 Å². The summed E-state index contributed by atoms with van der Waals surface area (Å²) >= 11 is 0. The molecule has 0 unspecified atom stereocenters. The van der Waals surface area contributed by atoms with Crippen molar-refractivity contribution in [3.63, 3.8) is 0 Å². The van der Waals surface area contributed by atoms with Crippen LogP contribution in [0.4, 0.5) is 0 Å². The van der Waals surface area contributed by atoms with Gasteiger partial charge in [-0.05, 0) is 20.3 Å². The van der Waals surface area contributed by atoms with Crippen LogP contribution in [0.2, 0.25) is 0 Å². The van der Waals surface area contributed by atoms with Gasteiger partial charge in [-0.15, -0.1) is 0 Å². The van der Waals surface area contributed by atoms with Gasteiger partial charge in [0.1, 0.15) is 11.8 Å². The number of aromatic nitrogens is 2. The van der Waals surface area contributed by atoms with E-state index in [4.69, 9.17) is 9.47 Å². The molecule has 6 heteroatoms. The number of imidazole rings is 1. The van der Waals surface area contributed by atoms with Gasteiger partial charge in [0.15, 0.2) is 0 Å². The summed E-state index contributed by atoms with van der Waals surface area (Å²) in [7, 11) is 0. The molecule has 6 nitrogen and oxygen atoms in total. The Morgan fingerprint density at radius 2 is 2.50 bits per heavy atom. The molecule has 1 aromatic rings. The molecule has 0 aromatic carbocycles. The normalized spacial score (nSPS) is 22.3. The summed E-state index contributed by atoms with van der Waals surface area (Å²) in [6, 6.07) is -0.0369. The predicted octanol–water partition coefficient (Wildman–Crippen LogP) is 1.28. The van der Waals surface area contributed by atoms with Gasteiger partial charge in [-0.25, -0.2) is 4.98 Å². The van der Waals surface area contributed by atoms with Crippen molar-refractivity contribution in [2.24, 2.45) is 0 Å². The van der Waals surface area contributed by atoms with Gasteiger partial charge in [0.2, 0.25) is 0 Å². The number of hydrogen-bond acceptors (Lipinski definition) is 4. The Morgan fingerprint density at radius 1 is 1.65 bits per heavy atom. The van der Waals surface area contributed by atoms with Crippen molar-refractivity contribution in [2.45, 2.75) is 32.4 Å². The molecule has 1 aromatic heterocycles. The third-order valence-electron chi connectivity index (χ3n) is 3.17. The maximum Gasteiger partial charge on any atom is 0.269 e. The van der Waals surface area contributed by atoms with Gasteiger partial charge in [-0.2, -0.15) is 0 Å². The van der Waals surface area contributed by atoms with Crippen molar-refractivity contribution < 1.29 is 14.3 Å². The standard InChI is InChI=1S/C14H21N3O3/c1-10(2)3-6-20-13-8-19-5-4-11(13)17-14(18)12-7-15-9-16-12/h3,7,9,11,13H,4-6,8H2,1-2H3,(H,15,16)(H,17,18)/t11-,13-/m1/s1. The van der Waals surface area contributed by atoms with Crippen LogP contribution in [0.15, 0.2) is 24.2 Å². The number of allylic oxidation sites excluding steroid dienone is 1. The van der Waals surface area contributed by atoms with Gasteiger partial charge in [0.25, 0.3) is 5.91 Å². The maximum absolute atomic E-state index is 12.0. The first-order valence-corrected chi connectivity index (χ1v) is 6.79. The first kappa shape index (κ1) is 14.7. The molecule has 2 heterocycles. The molecule has 2 atom stereocenters. The smallest absolute Gasteiger partial charge is 0.269 e. The Kier molecular flexibility index (Phi) is 5.31. The number of hydrogen-bond donors (Lipinski definition) is 2. The van der Waals surface area contributed by atoms with Crippen molar-refractivity contribution in [2.75, 3.05) is 19.8 Å². The molecule has 0 saturated carbocycles. The molecular formula is C14H21N3O3. The minimum atomic E-state index is -0.162. The molecule has 0 aliphatic carbocycles. The topological polar surface area (TPSA) is 76.2 Å². The molecule has 1 amide bonds. The number of rotatable bonds is 5. The van der Waals surface area contributed by atoms with E-state index in [0.29, 0.717) is 25.5 Å². The van der Waals surface area contributed by atoms with Crippen molar-refractivity contribution in [3.05, 3.63) is 29.9 Å². The second-order valence-electron chi connectivity index (χ2n) is 5.06. The zero-order valence-corrected chi connectivity index (χ0v) is 11.9. The summed E-state index contributed by atoms with van der Waals surface area (Å²) in [6.07, 6.45) is 5.64. The van der Waals surface area contributed by atoms with Crippen LogP contribution < -0.4 is 5.32 Å². The first-order valence-electron chi connectivity index (χ1n) is 6.79. The van der Waals surface area contributed by atoms with Gasteiger partial charge < -0.3 is 19.8 Å². The van der Waals surface area contributed by atoms with E-state index in [1.165, 1.54) is 18.1 Å². The Hall–Kier alpha value is -1.66. The van der Waals surface area contributed by atoms with Gasteiger partial charge in [-0.3, -0.25) is 4.79 Å². The Bertz CT molecular complexity index is 452. The molecule has 1 fully saturated rings. The summed E-state index contributed by atoms with van der Waals surface area (Å²) in [5.41, 5.74) is 1.67. The number of H-pyrrole nitrogens is 1. The largest absolute Gasteiger partial charge is 0.379 e. The van der Waals surface area contributed by atoms with Crippen LogP contribution in [0.25, 0.3) is 0 Å². The minimum Gasteiger partial charge on any atom is -0.379 e. The molecule has 1 aliphatic rings. The summed E-state index contributed by atoms with van der Waals surface area (Å²) in [5, 5.41) is 2.97. The lowest BCUT2D eigenvalue weighted by Gasteiger charge is -2.31. The highest BCUT2D eigenvalue weighted by molar-refractivity contribution is 5.92. The fourth-order valence-corrected chi connectivity index (χ4v) is 2.01. The number of nitrogens with one attached hydrogen (secondary N) is 2. The third-order valence-corrected chi connectivity index (χ3v) is 3.17. The van der Waals surface area contributed by atoms with Crippen molar-refractivity contribution >= 4 is 5.91 Å². The van der Waals surface area contributed by atoms with Crippen LogP contribution in [-0.2, 0) is 9.47 Å². The average molecular weight is 279 g/mol. The van der Waals surface area contributed by atoms with Crippen LogP contribution >= 0.6 is 0 Å². The second-order valence-corrected chi connectivity index (χ2v) is 5.06. The fraction of sp³-hybridized carbons (Fsp3) is 0.571. The highest BCUT2D eigenvalue weighted by Gasteiger charge is 2.28. The van der Waals surface area contributed by atoms with Crippen molar-refractivity contribution in [1.82, 2.24) is 15.3 Å². The van der Waals surface area contributed by atoms with Gasteiger partial charge >= 0.3 is 0 Å². The SMILES string of the molecule is CC(C)=CCO[C@@H]1COCC[C@H]1NC(=O)c1cnc[nH]1. The van der Waals surface area contributed by atoms with Crippen LogP contribution in [0, 0.1) is 0 Å². The van der Waals surface area contributed by atoms with E-state index in [2.05, 4.69) is 15.3 Å². The fourth-order valence-electron chi connectivity index (χ4n) is 2.01. The molecule has 1 aliphatic heterocycles. The molecule has 20 heavy (non-hydrogen) atoms. The maximum atomic E-state index is 12.0. The second kappa shape index (κ2) is 7.21. The number of amides is 1. The third kappa shape index (κ3) is 4.18. The number of ether oxygens (including phenoxy) is 2. The van der Waals surface area contributed by atoms with E-state index >= 15 is 0 Å². The van der Waals surface area contributed by atoms with E-state index in [1.807, 2.05) is 19.9 Å². The molecular weight excluding hydrogens is 258 g/mol. The Morgan fingerprint density at radius 3 is 3.20 bits per heavy atom. The lowest BCUT2D eigenvalue weighted by Crippen LogP contribution is -2.50. The van der Waals surface area contributed by atoms with E-state index in [9.17, 15) is 4.79 Å². The molecule has 110 valence electrons. The molecule has 1 saturated heterocycles. The number of carbonyl (C=O) groups is 1. The summed E-state index contributed by atoms with van der Waals surface area (Å²) in [6.45, 7) is 5.73. The summed E-state index contributed by atoms with van der Waals surface area (Å²) in [5.74, 6) is -0.162. The molecule has 0 bridgehead atoms. The molecule has 2 rings (SSSR count). The van der Waals surface area contributed by atoms with Gasteiger partial charge in [0, 0.05) is 6.61 Å². The lowest BCUT2D eigenvalue weighted by molar-refractivity contribution is -0.0589. The monoisotopic (exact) mass is 279 g/mol. The highest BCUT2D eigenvalue weighted by Crippen LogP contribution is 2.12. The average Bonchev–Trinajstić information content (AvgIpc) is 2.94. The first-order chi connectivity index (χ1) is 9.66. The quantitative estimate of drug-likeness (QED) is 0.796. The van der Waals surface area contributed by atoms with Gasteiger partial charge in [-0.1, -0.05) is 11.6 Å². The Labute approximate surface area is 118 Å². The zero-order valence-electron chi connectivity index (χ0n) is 11.9. The van der Waals surface area contributed by atoms with Crippen LogP contribution in [0.1, 0.15) is 30.8 Å². The Balaban J connectivity index is 1.89. The highest BCUT2D eigenvalue weighted by atomic mass is 16.5. The zero-order chi connectivity index (χ0) is 14.4. The minimum absolute atomic E-state index is 0.0369. The van der Waals surface area contributed by atoms with Crippen molar-refractivity contribution in [3.8, 4) is 0 Å². The summed E-state index contributed by atoms with van der Waals surface area (Å²) < 4.78 is 11.2. The van der Waals surface area contributed by atoms with E-state index < -0.39 is 0 Å². The van der Waals surface area contributed by atoms with Crippen LogP contribution in [-0.4, -0.2) is 47.8 Å². The summed E-state index contributed by atoms with van der Waals surface area (Å²) in [4.78, 5) is 18.6. The molecule has 0 radical (unpaired) electrons. The van der Waals surface area contributed by atoms with E-state index in [-0.39, 0.29) is 18.1 Å². The number of aromatic amines is 1. The number of carbonyl (C=O) groups excluding carboxylic acids is 1. The molecule has 0 spiro atoms. The van der Waals surface area contributed by atoms with E-state index in [0.717, 1.165) is 6.42 Å². The lowest BCUT2D eigenvalue weighted by atomic mass is 10.1. The number of nitrogens with zero attached hydrogens (tertiary/aromatic N) is 1. The van der Waals surface area contributed by atoms with Crippen molar-refractivity contribution in [1.29, 1.82) is 0 Å². The van der Waals surface area contributed by atoms with E-state index in [1.54, 1.807) is 0 Å². The molecule has 2 N–H and O–H groups in total. The predicted molar refractivity (Wildman–Crippen MR) is 74.4 cm³/mol. The van der Waals surface area contributed by atoms with Crippen LogP contribution in [0.3, 0.4) is 0 Å².